The molecule has 0 aliphatic carbocycles. The van der Waals surface area contributed by atoms with Crippen LogP contribution in [0.2, 0.25) is 5.02 Å². The van der Waals surface area contributed by atoms with Crippen LogP contribution in [0.3, 0.4) is 0 Å². The maximum atomic E-state index is 5.87. The van der Waals surface area contributed by atoms with Gasteiger partial charge in [0.1, 0.15) is 5.82 Å². The van der Waals surface area contributed by atoms with E-state index >= 15 is 0 Å². The average molecular weight is 286 g/mol. The molecular formula is C16H16ClN3. The van der Waals surface area contributed by atoms with Crippen LogP contribution >= 0.6 is 11.6 Å². The number of nitrogens with one attached hydrogen (secondary N) is 2. The zero-order valence-electron chi connectivity index (χ0n) is 11.5. The van der Waals surface area contributed by atoms with Crippen LogP contribution in [0.15, 0.2) is 36.4 Å². The van der Waals surface area contributed by atoms with Crippen LogP contribution in [-0.2, 0) is 6.54 Å². The number of fused-ring (bicyclic) bond motifs is 1. The molecule has 0 saturated carbocycles. The highest BCUT2D eigenvalue weighted by Crippen LogP contribution is 2.19. The van der Waals surface area contributed by atoms with Crippen molar-refractivity contribution in [3.63, 3.8) is 0 Å². The fraction of sp³-hybridized carbons (Fsp3) is 0.188. The summed E-state index contributed by atoms with van der Waals surface area (Å²) < 4.78 is 0. The van der Waals surface area contributed by atoms with Gasteiger partial charge in [0.05, 0.1) is 17.6 Å². The van der Waals surface area contributed by atoms with Crippen molar-refractivity contribution in [2.24, 2.45) is 0 Å². The number of nitrogens with zero attached hydrogens (tertiary/aromatic N) is 1. The summed E-state index contributed by atoms with van der Waals surface area (Å²) in [6, 6.07) is 11.9. The maximum Gasteiger partial charge on any atom is 0.126 e. The van der Waals surface area contributed by atoms with E-state index < -0.39 is 0 Å². The fourth-order valence-corrected chi connectivity index (χ4v) is 2.49. The molecule has 0 aliphatic heterocycles. The lowest BCUT2D eigenvalue weighted by Crippen LogP contribution is -2.00. The van der Waals surface area contributed by atoms with E-state index in [-0.39, 0.29) is 0 Å². The molecule has 0 atom stereocenters. The quantitative estimate of drug-likeness (QED) is 0.746. The molecule has 3 aromatic rings. The Morgan fingerprint density at radius 2 is 1.90 bits per heavy atom. The van der Waals surface area contributed by atoms with E-state index in [9.17, 15) is 0 Å². The molecule has 0 spiro atoms. The van der Waals surface area contributed by atoms with Crippen molar-refractivity contribution in [1.82, 2.24) is 9.97 Å². The number of imidazole rings is 1. The lowest BCUT2D eigenvalue weighted by Gasteiger charge is -2.03. The standard InChI is InChI=1S/C16H16ClN3/c1-10-7-11(2)16-14(8-10)19-15(20-16)9-18-13-5-3-12(17)4-6-13/h3-8,18H,9H2,1-2H3,(H,19,20). The molecule has 0 fully saturated rings. The molecule has 0 radical (unpaired) electrons. The van der Waals surface area contributed by atoms with Crippen molar-refractivity contribution in [3.05, 3.63) is 58.4 Å². The first-order valence-corrected chi connectivity index (χ1v) is 6.95. The second kappa shape index (κ2) is 5.17. The molecule has 0 bridgehead atoms. The smallest absolute Gasteiger partial charge is 0.126 e. The molecule has 4 heteroatoms. The molecule has 102 valence electrons. The van der Waals surface area contributed by atoms with Gasteiger partial charge in [0.2, 0.25) is 0 Å². The summed E-state index contributed by atoms with van der Waals surface area (Å²) in [6.45, 7) is 4.85. The summed E-state index contributed by atoms with van der Waals surface area (Å²) >= 11 is 5.87. The van der Waals surface area contributed by atoms with Crippen LogP contribution in [-0.4, -0.2) is 9.97 Å². The van der Waals surface area contributed by atoms with E-state index in [1.54, 1.807) is 0 Å². The van der Waals surface area contributed by atoms with Crippen LogP contribution in [0.25, 0.3) is 11.0 Å². The Bertz CT molecular complexity index is 744. The van der Waals surface area contributed by atoms with Gasteiger partial charge in [-0.3, -0.25) is 0 Å². The number of aromatic nitrogens is 2. The van der Waals surface area contributed by atoms with Crippen molar-refractivity contribution in [3.8, 4) is 0 Å². The van der Waals surface area contributed by atoms with Gasteiger partial charge in [-0.2, -0.15) is 0 Å². The van der Waals surface area contributed by atoms with Crippen molar-refractivity contribution in [2.75, 3.05) is 5.32 Å². The van der Waals surface area contributed by atoms with Crippen LogP contribution in [0, 0.1) is 13.8 Å². The molecule has 0 unspecified atom stereocenters. The largest absolute Gasteiger partial charge is 0.378 e. The van der Waals surface area contributed by atoms with Gasteiger partial charge >= 0.3 is 0 Å². The predicted molar refractivity (Wildman–Crippen MR) is 84.3 cm³/mol. The van der Waals surface area contributed by atoms with E-state index in [4.69, 9.17) is 11.6 Å². The van der Waals surface area contributed by atoms with Gasteiger partial charge in [-0.05, 0) is 55.3 Å². The van der Waals surface area contributed by atoms with Crippen molar-refractivity contribution >= 4 is 28.3 Å². The lowest BCUT2D eigenvalue weighted by atomic mass is 10.1. The third-order valence-electron chi connectivity index (χ3n) is 3.27. The van der Waals surface area contributed by atoms with Gasteiger partial charge in [-0.25, -0.2) is 4.98 Å². The van der Waals surface area contributed by atoms with E-state index in [1.807, 2.05) is 24.3 Å². The Morgan fingerprint density at radius 3 is 2.65 bits per heavy atom. The minimum atomic E-state index is 0.662. The van der Waals surface area contributed by atoms with Gasteiger partial charge in [0, 0.05) is 10.7 Å². The maximum absolute atomic E-state index is 5.87. The SMILES string of the molecule is Cc1cc(C)c2nc(CNc3ccc(Cl)cc3)[nH]c2c1. The molecule has 2 aromatic carbocycles. The summed E-state index contributed by atoms with van der Waals surface area (Å²) in [7, 11) is 0. The Kier molecular flexibility index (Phi) is 3.36. The predicted octanol–water partition coefficient (Wildman–Crippen LogP) is 4.45. The molecule has 1 aromatic heterocycles. The molecule has 0 saturated heterocycles. The highest BCUT2D eigenvalue weighted by atomic mass is 35.5. The monoisotopic (exact) mass is 285 g/mol. The highest BCUT2D eigenvalue weighted by Gasteiger charge is 2.06. The molecule has 1 heterocycles. The summed E-state index contributed by atoms with van der Waals surface area (Å²) in [5.74, 6) is 0.934. The van der Waals surface area contributed by atoms with Crippen LogP contribution < -0.4 is 5.32 Å². The van der Waals surface area contributed by atoms with Crippen molar-refractivity contribution < 1.29 is 0 Å². The first kappa shape index (κ1) is 13.0. The van der Waals surface area contributed by atoms with Gasteiger partial charge in [-0.15, -0.1) is 0 Å². The first-order valence-electron chi connectivity index (χ1n) is 6.57. The van der Waals surface area contributed by atoms with Crippen LogP contribution in [0.1, 0.15) is 17.0 Å². The summed E-state index contributed by atoms with van der Waals surface area (Å²) in [5, 5.41) is 4.07. The molecule has 3 rings (SSSR count). The van der Waals surface area contributed by atoms with Crippen molar-refractivity contribution in [2.45, 2.75) is 20.4 Å². The Morgan fingerprint density at radius 1 is 1.15 bits per heavy atom. The van der Waals surface area contributed by atoms with Crippen LogP contribution in [0.4, 0.5) is 5.69 Å². The number of anilines is 1. The topological polar surface area (TPSA) is 40.7 Å². The zero-order chi connectivity index (χ0) is 14.1. The van der Waals surface area contributed by atoms with Gasteiger partial charge in [-0.1, -0.05) is 17.7 Å². The second-order valence-corrected chi connectivity index (χ2v) is 5.46. The minimum absolute atomic E-state index is 0.662. The summed E-state index contributed by atoms with van der Waals surface area (Å²) in [4.78, 5) is 8.00. The number of H-pyrrole nitrogens is 1. The number of aryl methyl sites for hydroxylation is 2. The normalized spacial score (nSPS) is 10.9. The Balaban J connectivity index is 1.81. The third kappa shape index (κ3) is 2.63. The summed E-state index contributed by atoms with van der Waals surface area (Å²) in [6.07, 6.45) is 0. The number of benzene rings is 2. The van der Waals surface area contributed by atoms with E-state index in [0.717, 1.165) is 27.6 Å². The average Bonchev–Trinajstić information content (AvgIpc) is 2.81. The number of aromatic amines is 1. The molecule has 3 nitrogen and oxygen atoms in total. The number of halogens is 1. The Hall–Kier alpha value is -2.00. The molecular weight excluding hydrogens is 270 g/mol. The molecule has 20 heavy (non-hydrogen) atoms. The van der Waals surface area contributed by atoms with Gasteiger partial charge in [0.15, 0.2) is 0 Å². The fourth-order valence-electron chi connectivity index (χ4n) is 2.36. The third-order valence-corrected chi connectivity index (χ3v) is 3.53. The number of rotatable bonds is 3. The first-order chi connectivity index (χ1) is 9.61. The second-order valence-electron chi connectivity index (χ2n) is 5.02. The van der Waals surface area contributed by atoms with Gasteiger partial charge in [0.25, 0.3) is 0 Å². The molecule has 2 N–H and O–H groups in total. The molecule has 0 aliphatic rings. The highest BCUT2D eigenvalue weighted by molar-refractivity contribution is 6.30. The molecule has 0 amide bonds. The van der Waals surface area contributed by atoms with E-state index in [0.29, 0.717) is 6.54 Å². The Labute approximate surface area is 123 Å². The summed E-state index contributed by atoms with van der Waals surface area (Å²) in [5.41, 5.74) is 5.62. The van der Waals surface area contributed by atoms with Crippen molar-refractivity contribution in [1.29, 1.82) is 0 Å². The number of hydrogen-bond donors (Lipinski definition) is 2. The zero-order valence-corrected chi connectivity index (χ0v) is 12.3. The van der Waals surface area contributed by atoms with E-state index in [1.165, 1.54) is 11.1 Å². The lowest BCUT2D eigenvalue weighted by molar-refractivity contribution is 1.01. The minimum Gasteiger partial charge on any atom is -0.378 e. The van der Waals surface area contributed by atoms with Gasteiger partial charge < -0.3 is 10.3 Å². The van der Waals surface area contributed by atoms with Crippen LogP contribution in [0.5, 0.6) is 0 Å². The number of hydrogen-bond acceptors (Lipinski definition) is 2. The van der Waals surface area contributed by atoms with E-state index in [2.05, 4.69) is 41.3 Å².